The minimum absolute atomic E-state index is 0.582. The summed E-state index contributed by atoms with van der Waals surface area (Å²) in [5.41, 5.74) is 10.5. The minimum Gasteiger partial charge on any atom is -0.382 e. The van der Waals surface area contributed by atoms with Gasteiger partial charge in [0, 0.05) is 11.3 Å². The highest BCUT2D eigenvalue weighted by molar-refractivity contribution is 5.87. The number of rotatable bonds is 8. The molecule has 0 spiro atoms. The number of pyridine rings is 1. The van der Waals surface area contributed by atoms with E-state index in [0.717, 1.165) is 36.0 Å². The molecule has 0 aliphatic rings. The van der Waals surface area contributed by atoms with Gasteiger partial charge in [0.25, 0.3) is 0 Å². The van der Waals surface area contributed by atoms with Crippen LogP contribution < -0.4 is 5.73 Å². The van der Waals surface area contributed by atoms with Crippen LogP contribution in [0.2, 0.25) is 0 Å². The van der Waals surface area contributed by atoms with Gasteiger partial charge in [-0.1, -0.05) is 46.5 Å². The number of hydrogen-bond acceptors (Lipinski definition) is 3. The Labute approximate surface area is 127 Å². The Balaban J connectivity index is 2.30. The van der Waals surface area contributed by atoms with Crippen LogP contribution in [-0.2, 0) is 12.8 Å². The van der Waals surface area contributed by atoms with Crippen molar-refractivity contribution in [2.24, 2.45) is 5.92 Å². The maximum atomic E-state index is 6.08. The van der Waals surface area contributed by atoms with E-state index < -0.39 is 0 Å². The molecule has 21 heavy (non-hydrogen) atoms. The van der Waals surface area contributed by atoms with Crippen LogP contribution in [0.3, 0.4) is 0 Å². The van der Waals surface area contributed by atoms with Gasteiger partial charge in [0.1, 0.15) is 11.3 Å². The van der Waals surface area contributed by atoms with Gasteiger partial charge in [0.05, 0.1) is 11.8 Å². The van der Waals surface area contributed by atoms with E-state index in [1.807, 2.05) is 0 Å². The average molecular weight is 288 g/mol. The number of nitrogens with two attached hydrogens (primary N) is 1. The fourth-order valence-electron chi connectivity index (χ4n) is 2.76. The van der Waals surface area contributed by atoms with Crippen LogP contribution in [0.1, 0.15) is 64.1 Å². The Morgan fingerprint density at radius 2 is 2.05 bits per heavy atom. The summed E-state index contributed by atoms with van der Waals surface area (Å²) >= 11 is 0. The molecule has 0 aromatic carbocycles. The van der Waals surface area contributed by atoms with Gasteiger partial charge in [-0.3, -0.25) is 0 Å². The Hall–Kier alpha value is -1.58. The number of H-pyrrole nitrogens is 1. The SMILES string of the molecule is CCCCCCc1c(CC(C)CC)nc(N)c2[nH]cnc12. The van der Waals surface area contributed by atoms with E-state index in [4.69, 9.17) is 5.73 Å². The molecular formula is C17H28N4. The minimum atomic E-state index is 0.582. The average Bonchev–Trinajstić information content (AvgIpc) is 2.96. The third-order valence-corrected chi connectivity index (χ3v) is 4.30. The van der Waals surface area contributed by atoms with Crippen molar-refractivity contribution in [2.75, 3.05) is 5.73 Å². The second-order valence-corrected chi connectivity index (χ2v) is 6.08. The van der Waals surface area contributed by atoms with Gasteiger partial charge < -0.3 is 10.7 Å². The maximum Gasteiger partial charge on any atom is 0.149 e. The predicted octanol–water partition coefficient (Wildman–Crippen LogP) is 4.25. The van der Waals surface area contributed by atoms with Crippen LogP contribution >= 0.6 is 0 Å². The number of aryl methyl sites for hydroxylation is 1. The molecule has 2 aromatic heterocycles. The number of hydrogen-bond donors (Lipinski definition) is 2. The van der Waals surface area contributed by atoms with Gasteiger partial charge in [-0.15, -0.1) is 0 Å². The zero-order chi connectivity index (χ0) is 15.2. The summed E-state index contributed by atoms with van der Waals surface area (Å²) in [7, 11) is 0. The van der Waals surface area contributed by atoms with Crippen molar-refractivity contribution in [2.45, 2.75) is 65.7 Å². The van der Waals surface area contributed by atoms with Crippen molar-refractivity contribution in [1.82, 2.24) is 15.0 Å². The van der Waals surface area contributed by atoms with E-state index >= 15 is 0 Å². The third kappa shape index (κ3) is 3.74. The molecule has 4 nitrogen and oxygen atoms in total. The normalized spacial score (nSPS) is 12.9. The molecule has 2 aromatic rings. The molecule has 1 atom stereocenters. The number of nitrogens with zero attached hydrogens (tertiary/aromatic N) is 2. The van der Waals surface area contributed by atoms with Crippen LogP contribution in [0.25, 0.3) is 11.0 Å². The molecule has 3 N–H and O–H groups in total. The summed E-state index contributed by atoms with van der Waals surface area (Å²) in [5.74, 6) is 1.21. The van der Waals surface area contributed by atoms with E-state index in [1.165, 1.54) is 31.2 Å². The second kappa shape index (κ2) is 7.43. The van der Waals surface area contributed by atoms with Gasteiger partial charge in [-0.2, -0.15) is 0 Å². The first-order chi connectivity index (χ1) is 10.2. The second-order valence-electron chi connectivity index (χ2n) is 6.08. The highest BCUT2D eigenvalue weighted by Gasteiger charge is 2.16. The molecule has 116 valence electrons. The van der Waals surface area contributed by atoms with E-state index in [-0.39, 0.29) is 0 Å². The van der Waals surface area contributed by atoms with Gasteiger partial charge in [0.2, 0.25) is 0 Å². The number of nitrogen functional groups attached to an aromatic ring is 1. The van der Waals surface area contributed by atoms with Gasteiger partial charge in [-0.05, 0) is 25.2 Å². The van der Waals surface area contributed by atoms with Crippen molar-refractivity contribution in [3.63, 3.8) is 0 Å². The van der Waals surface area contributed by atoms with Gasteiger partial charge in [-0.25, -0.2) is 9.97 Å². The van der Waals surface area contributed by atoms with E-state index in [9.17, 15) is 0 Å². The number of anilines is 1. The lowest BCUT2D eigenvalue weighted by atomic mass is 9.95. The Kier molecular flexibility index (Phi) is 5.59. The Morgan fingerprint density at radius 1 is 1.24 bits per heavy atom. The molecule has 4 heteroatoms. The maximum absolute atomic E-state index is 6.08. The summed E-state index contributed by atoms with van der Waals surface area (Å²) in [4.78, 5) is 12.3. The topological polar surface area (TPSA) is 67.6 Å². The molecule has 0 bridgehead atoms. The molecule has 0 aliphatic carbocycles. The monoisotopic (exact) mass is 288 g/mol. The first-order valence-electron chi connectivity index (χ1n) is 8.27. The first kappa shape index (κ1) is 15.8. The van der Waals surface area contributed by atoms with Crippen molar-refractivity contribution in [1.29, 1.82) is 0 Å². The van der Waals surface area contributed by atoms with Gasteiger partial charge >= 0.3 is 0 Å². The number of fused-ring (bicyclic) bond motifs is 1. The van der Waals surface area contributed by atoms with Crippen LogP contribution in [0.4, 0.5) is 5.82 Å². The van der Waals surface area contributed by atoms with Crippen LogP contribution in [0.15, 0.2) is 6.33 Å². The lowest BCUT2D eigenvalue weighted by Crippen LogP contribution is -2.08. The smallest absolute Gasteiger partial charge is 0.149 e. The largest absolute Gasteiger partial charge is 0.382 e. The molecule has 2 rings (SSSR count). The molecule has 0 radical (unpaired) electrons. The van der Waals surface area contributed by atoms with E-state index in [0.29, 0.717) is 11.7 Å². The summed E-state index contributed by atoms with van der Waals surface area (Å²) in [6.45, 7) is 6.74. The lowest BCUT2D eigenvalue weighted by molar-refractivity contribution is 0.549. The zero-order valence-corrected chi connectivity index (χ0v) is 13.6. The van der Waals surface area contributed by atoms with Gasteiger partial charge in [0.15, 0.2) is 0 Å². The lowest BCUT2D eigenvalue weighted by Gasteiger charge is -2.14. The number of aromatic amines is 1. The van der Waals surface area contributed by atoms with E-state index in [2.05, 4.69) is 35.7 Å². The van der Waals surface area contributed by atoms with Crippen molar-refractivity contribution >= 4 is 16.9 Å². The fourth-order valence-corrected chi connectivity index (χ4v) is 2.76. The Bertz CT molecular complexity index is 573. The van der Waals surface area contributed by atoms with Crippen molar-refractivity contribution in [3.05, 3.63) is 17.6 Å². The number of unbranched alkanes of at least 4 members (excludes halogenated alkanes) is 3. The van der Waals surface area contributed by atoms with Crippen molar-refractivity contribution in [3.8, 4) is 0 Å². The molecule has 0 fully saturated rings. The molecule has 2 heterocycles. The third-order valence-electron chi connectivity index (χ3n) is 4.30. The Morgan fingerprint density at radius 3 is 2.76 bits per heavy atom. The van der Waals surface area contributed by atoms with E-state index in [1.54, 1.807) is 6.33 Å². The first-order valence-corrected chi connectivity index (χ1v) is 8.27. The van der Waals surface area contributed by atoms with Crippen LogP contribution in [-0.4, -0.2) is 15.0 Å². The van der Waals surface area contributed by atoms with Crippen LogP contribution in [0.5, 0.6) is 0 Å². The number of nitrogens with one attached hydrogen (secondary N) is 1. The zero-order valence-electron chi connectivity index (χ0n) is 13.6. The highest BCUT2D eigenvalue weighted by Crippen LogP contribution is 2.26. The molecule has 0 amide bonds. The molecule has 0 saturated heterocycles. The van der Waals surface area contributed by atoms with Crippen LogP contribution in [0, 0.1) is 5.92 Å². The molecule has 0 aliphatic heterocycles. The number of aromatic nitrogens is 3. The predicted molar refractivity (Wildman–Crippen MR) is 89.3 cm³/mol. The summed E-state index contributed by atoms with van der Waals surface area (Å²) in [6.07, 6.45) is 9.97. The summed E-state index contributed by atoms with van der Waals surface area (Å²) in [5, 5.41) is 0. The highest BCUT2D eigenvalue weighted by atomic mass is 14.9. The molecular weight excluding hydrogens is 260 g/mol. The molecule has 0 saturated carbocycles. The quantitative estimate of drug-likeness (QED) is 0.713. The standard InChI is InChI=1S/C17H28N4/c1-4-6-7-8-9-13-14(10-12(3)5-2)21-17(18)16-15(13)19-11-20-16/h11-12H,4-10H2,1-3H3,(H2,18,21)(H,19,20). The summed E-state index contributed by atoms with van der Waals surface area (Å²) in [6, 6.07) is 0. The number of imidazole rings is 1. The summed E-state index contributed by atoms with van der Waals surface area (Å²) < 4.78 is 0. The molecule has 1 unspecified atom stereocenters. The fraction of sp³-hybridized carbons (Fsp3) is 0.647. The van der Waals surface area contributed by atoms with Crippen molar-refractivity contribution < 1.29 is 0 Å².